The summed E-state index contributed by atoms with van der Waals surface area (Å²) in [5.74, 6) is 1.04. The third-order valence-corrected chi connectivity index (χ3v) is 2.54. The third-order valence-electron chi connectivity index (χ3n) is 2.54. The molecule has 0 aliphatic heterocycles. The van der Waals surface area contributed by atoms with E-state index in [1.807, 2.05) is 0 Å². The summed E-state index contributed by atoms with van der Waals surface area (Å²) in [5.41, 5.74) is 6.24. The van der Waals surface area contributed by atoms with Crippen molar-refractivity contribution in [2.75, 3.05) is 27.9 Å². The van der Waals surface area contributed by atoms with Crippen LogP contribution in [0.3, 0.4) is 0 Å². The number of benzene rings is 1. The number of Topliss-reactive ketones (excluding diaryl/α,β-unsaturated/α-hetero) is 1. The summed E-state index contributed by atoms with van der Waals surface area (Å²) >= 11 is 0. The van der Waals surface area contributed by atoms with E-state index in [1.54, 1.807) is 32.4 Å². The average Bonchev–Trinajstić information content (AvgIpc) is 2.38. The summed E-state index contributed by atoms with van der Waals surface area (Å²) in [5, 5.41) is 0. The molecule has 0 fully saturated rings. The van der Waals surface area contributed by atoms with Gasteiger partial charge in [0.15, 0.2) is 5.78 Å². The van der Waals surface area contributed by atoms with E-state index in [0.717, 1.165) is 0 Å². The molecule has 1 atom stereocenters. The Balaban J connectivity index is 2.88. The minimum absolute atomic E-state index is 0.0877. The van der Waals surface area contributed by atoms with Gasteiger partial charge in [-0.25, -0.2) is 0 Å². The summed E-state index contributed by atoms with van der Waals surface area (Å²) in [4.78, 5) is 12.1. The Morgan fingerprint density at radius 3 is 2.56 bits per heavy atom. The van der Waals surface area contributed by atoms with Gasteiger partial charge >= 0.3 is 0 Å². The summed E-state index contributed by atoms with van der Waals surface area (Å²) in [6, 6.07) is 4.78. The van der Waals surface area contributed by atoms with Crippen LogP contribution in [0.4, 0.5) is 0 Å². The van der Waals surface area contributed by atoms with E-state index >= 15 is 0 Å². The SMILES string of the molecule is COCC(N)CC(=O)c1cc(OC)ccc1OC. The predicted molar refractivity (Wildman–Crippen MR) is 68.3 cm³/mol. The van der Waals surface area contributed by atoms with Crippen molar-refractivity contribution in [3.63, 3.8) is 0 Å². The second kappa shape index (κ2) is 6.98. The highest BCUT2D eigenvalue weighted by atomic mass is 16.5. The van der Waals surface area contributed by atoms with E-state index in [1.165, 1.54) is 7.11 Å². The number of carbonyl (C=O) groups is 1. The maximum atomic E-state index is 12.1. The van der Waals surface area contributed by atoms with Gasteiger partial charge in [0.05, 0.1) is 26.4 Å². The van der Waals surface area contributed by atoms with Crippen LogP contribution in [0, 0.1) is 0 Å². The number of ketones is 1. The van der Waals surface area contributed by atoms with Crippen molar-refractivity contribution in [2.45, 2.75) is 12.5 Å². The van der Waals surface area contributed by atoms with Gasteiger partial charge in [-0.1, -0.05) is 0 Å². The smallest absolute Gasteiger partial charge is 0.168 e. The monoisotopic (exact) mass is 253 g/mol. The van der Waals surface area contributed by atoms with Gasteiger partial charge in [-0.2, -0.15) is 0 Å². The Morgan fingerprint density at radius 2 is 2.00 bits per heavy atom. The lowest BCUT2D eigenvalue weighted by atomic mass is 10.0. The second-order valence-corrected chi connectivity index (χ2v) is 3.91. The van der Waals surface area contributed by atoms with Crippen molar-refractivity contribution < 1.29 is 19.0 Å². The fourth-order valence-corrected chi connectivity index (χ4v) is 1.65. The van der Waals surface area contributed by atoms with E-state index in [9.17, 15) is 4.79 Å². The van der Waals surface area contributed by atoms with E-state index in [2.05, 4.69) is 0 Å². The molecule has 5 heteroatoms. The number of methoxy groups -OCH3 is 3. The van der Waals surface area contributed by atoms with Gasteiger partial charge in [0, 0.05) is 19.6 Å². The molecule has 0 heterocycles. The molecule has 0 spiro atoms. The molecule has 0 aliphatic carbocycles. The second-order valence-electron chi connectivity index (χ2n) is 3.91. The zero-order valence-corrected chi connectivity index (χ0v) is 10.9. The van der Waals surface area contributed by atoms with Crippen LogP contribution >= 0.6 is 0 Å². The molecule has 1 aromatic rings. The lowest BCUT2D eigenvalue weighted by Gasteiger charge is -2.12. The van der Waals surface area contributed by atoms with Crippen LogP contribution in [0.5, 0.6) is 11.5 Å². The Bertz CT molecular complexity index is 406. The van der Waals surface area contributed by atoms with Gasteiger partial charge in [-0.15, -0.1) is 0 Å². The normalized spacial score (nSPS) is 12.0. The molecule has 1 unspecified atom stereocenters. The average molecular weight is 253 g/mol. The molecular formula is C13H19NO4. The maximum Gasteiger partial charge on any atom is 0.168 e. The molecule has 100 valence electrons. The van der Waals surface area contributed by atoms with E-state index < -0.39 is 0 Å². The Morgan fingerprint density at radius 1 is 1.28 bits per heavy atom. The molecule has 0 aliphatic rings. The first-order chi connectivity index (χ1) is 8.62. The molecular weight excluding hydrogens is 234 g/mol. The van der Waals surface area contributed by atoms with Crippen LogP contribution in [0.25, 0.3) is 0 Å². The molecule has 0 saturated carbocycles. The first-order valence-corrected chi connectivity index (χ1v) is 5.62. The fourth-order valence-electron chi connectivity index (χ4n) is 1.65. The quantitative estimate of drug-likeness (QED) is 0.740. The largest absolute Gasteiger partial charge is 0.497 e. The van der Waals surface area contributed by atoms with Gasteiger partial charge < -0.3 is 19.9 Å². The highest BCUT2D eigenvalue weighted by Gasteiger charge is 2.16. The molecule has 18 heavy (non-hydrogen) atoms. The van der Waals surface area contributed by atoms with Crippen molar-refractivity contribution in [3.05, 3.63) is 23.8 Å². The van der Waals surface area contributed by atoms with Gasteiger partial charge in [0.25, 0.3) is 0 Å². The summed E-state index contributed by atoms with van der Waals surface area (Å²) in [6.45, 7) is 0.345. The summed E-state index contributed by atoms with van der Waals surface area (Å²) < 4.78 is 15.2. The zero-order valence-electron chi connectivity index (χ0n) is 10.9. The number of ether oxygens (including phenoxy) is 3. The first-order valence-electron chi connectivity index (χ1n) is 5.62. The van der Waals surface area contributed by atoms with Crippen molar-refractivity contribution >= 4 is 5.78 Å². The molecule has 0 saturated heterocycles. The third kappa shape index (κ3) is 3.72. The van der Waals surface area contributed by atoms with Crippen molar-refractivity contribution in [1.82, 2.24) is 0 Å². The van der Waals surface area contributed by atoms with Crippen LogP contribution in [0.2, 0.25) is 0 Å². The van der Waals surface area contributed by atoms with Crippen molar-refractivity contribution in [3.8, 4) is 11.5 Å². The maximum absolute atomic E-state index is 12.1. The number of carbonyl (C=O) groups excluding carboxylic acids is 1. The number of hydrogen-bond acceptors (Lipinski definition) is 5. The summed E-state index contributed by atoms with van der Waals surface area (Å²) in [7, 11) is 4.62. The topological polar surface area (TPSA) is 70.8 Å². The van der Waals surface area contributed by atoms with Crippen molar-refractivity contribution in [1.29, 1.82) is 0 Å². The summed E-state index contributed by atoms with van der Waals surface area (Å²) in [6.07, 6.45) is 0.206. The number of rotatable bonds is 7. The molecule has 0 aromatic heterocycles. The van der Waals surface area contributed by atoms with E-state index in [-0.39, 0.29) is 18.2 Å². The van der Waals surface area contributed by atoms with Crippen LogP contribution in [-0.2, 0) is 4.74 Å². The standard InChI is InChI=1S/C13H19NO4/c1-16-8-9(14)6-12(15)11-7-10(17-2)4-5-13(11)18-3/h4-5,7,9H,6,8,14H2,1-3H3. The van der Waals surface area contributed by atoms with Crippen LogP contribution < -0.4 is 15.2 Å². The molecule has 2 N–H and O–H groups in total. The van der Waals surface area contributed by atoms with Gasteiger partial charge in [0.1, 0.15) is 11.5 Å². The van der Waals surface area contributed by atoms with E-state index in [0.29, 0.717) is 23.7 Å². The molecule has 0 bridgehead atoms. The predicted octanol–water partition coefficient (Wildman–Crippen LogP) is 1.25. The van der Waals surface area contributed by atoms with Gasteiger partial charge in [-0.3, -0.25) is 4.79 Å². The molecule has 1 aromatic carbocycles. The van der Waals surface area contributed by atoms with Crippen LogP contribution in [-0.4, -0.2) is 39.8 Å². The molecule has 5 nitrogen and oxygen atoms in total. The molecule has 1 rings (SSSR count). The zero-order chi connectivity index (χ0) is 13.5. The highest BCUT2D eigenvalue weighted by Crippen LogP contribution is 2.25. The Labute approximate surface area is 107 Å². The lowest BCUT2D eigenvalue weighted by molar-refractivity contribution is 0.0946. The van der Waals surface area contributed by atoms with Gasteiger partial charge in [-0.05, 0) is 18.2 Å². The van der Waals surface area contributed by atoms with Gasteiger partial charge in [0.2, 0.25) is 0 Å². The minimum Gasteiger partial charge on any atom is -0.497 e. The Kier molecular flexibility index (Phi) is 5.61. The molecule has 0 amide bonds. The fraction of sp³-hybridized carbons (Fsp3) is 0.462. The first kappa shape index (κ1) is 14.5. The van der Waals surface area contributed by atoms with Crippen LogP contribution in [0.1, 0.15) is 16.8 Å². The molecule has 0 radical (unpaired) electrons. The van der Waals surface area contributed by atoms with Crippen LogP contribution in [0.15, 0.2) is 18.2 Å². The van der Waals surface area contributed by atoms with Crippen molar-refractivity contribution in [2.24, 2.45) is 5.73 Å². The number of nitrogens with two attached hydrogens (primary N) is 1. The lowest BCUT2D eigenvalue weighted by Crippen LogP contribution is -2.28. The Hall–Kier alpha value is -1.59. The van der Waals surface area contributed by atoms with E-state index in [4.69, 9.17) is 19.9 Å². The number of hydrogen-bond donors (Lipinski definition) is 1. The minimum atomic E-state index is -0.321. The highest BCUT2D eigenvalue weighted by molar-refractivity contribution is 5.99.